The summed E-state index contributed by atoms with van der Waals surface area (Å²) in [6, 6.07) is 1.15. The molecule has 0 saturated heterocycles. The van der Waals surface area contributed by atoms with Crippen molar-refractivity contribution in [1.29, 1.82) is 0 Å². The van der Waals surface area contributed by atoms with Crippen LogP contribution in [0.5, 0.6) is 0 Å². The van der Waals surface area contributed by atoms with E-state index in [2.05, 4.69) is 26.1 Å². The number of rotatable bonds is 7. The molecule has 1 N–H and O–H groups in total. The van der Waals surface area contributed by atoms with Crippen molar-refractivity contribution in [2.45, 2.75) is 77.8 Å². The van der Waals surface area contributed by atoms with Gasteiger partial charge in [-0.05, 0) is 51.0 Å². The molecule has 0 aromatic carbocycles. The van der Waals surface area contributed by atoms with E-state index in [1.54, 1.807) is 0 Å². The Morgan fingerprint density at radius 1 is 1.26 bits per heavy atom. The third kappa shape index (κ3) is 5.94. The van der Waals surface area contributed by atoms with Gasteiger partial charge in [-0.15, -0.1) is 0 Å². The van der Waals surface area contributed by atoms with Crippen LogP contribution in [-0.2, 0) is 4.79 Å². The lowest BCUT2D eigenvalue weighted by molar-refractivity contribution is -0.132. The Hall–Kier alpha value is -0.570. The summed E-state index contributed by atoms with van der Waals surface area (Å²) in [5, 5.41) is 3.60. The Labute approximate surface area is 119 Å². The molecule has 112 valence electrons. The van der Waals surface area contributed by atoms with Gasteiger partial charge >= 0.3 is 0 Å². The summed E-state index contributed by atoms with van der Waals surface area (Å²) in [5.74, 6) is 0.949. The Bertz CT molecular complexity index is 257. The van der Waals surface area contributed by atoms with Crippen LogP contribution in [0, 0.1) is 5.92 Å². The minimum atomic E-state index is 0.332. The zero-order chi connectivity index (χ0) is 14.3. The van der Waals surface area contributed by atoms with E-state index in [0.717, 1.165) is 25.8 Å². The van der Waals surface area contributed by atoms with E-state index in [-0.39, 0.29) is 0 Å². The number of amides is 1. The van der Waals surface area contributed by atoms with Crippen LogP contribution in [0.25, 0.3) is 0 Å². The number of nitrogens with zero attached hydrogens (tertiary/aromatic N) is 1. The quantitative estimate of drug-likeness (QED) is 0.769. The fraction of sp³-hybridized carbons (Fsp3) is 0.938. The molecule has 3 nitrogen and oxygen atoms in total. The van der Waals surface area contributed by atoms with Crippen LogP contribution in [-0.4, -0.2) is 36.5 Å². The molecule has 0 unspecified atom stereocenters. The van der Waals surface area contributed by atoms with Gasteiger partial charge in [-0.2, -0.15) is 0 Å². The molecule has 1 saturated carbocycles. The molecular weight excluding hydrogens is 236 g/mol. The zero-order valence-electron chi connectivity index (χ0n) is 13.2. The molecule has 0 bridgehead atoms. The lowest BCUT2D eigenvalue weighted by Crippen LogP contribution is -2.43. The molecule has 1 aliphatic rings. The minimum absolute atomic E-state index is 0.332. The van der Waals surface area contributed by atoms with E-state index < -0.39 is 0 Å². The first-order chi connectivity index (χ1) is 9.04. The minimum Gasteiger partial charge on any atom is -0.343 e. The summed E-state index contributed by atoms with van der Waals surface area (Å²) in [6.45, 7) is 7.69. The summed E-state index contributed by atoms with van der Waals surface area (Å²) in [6.07, 6.45) is 7.67. The van der Waals surface area contributed by atoms with Crippen LogP contribution in [0.15, 0.2) is 0 Å². The van der Waals surface area contributed by atoms with Crippen LogP contribution in [0.4, 0.5) is 0 Å². The summed E-state index contributed by atoms with van der Waals surface area (Å²) in [7, 11) is 1.99. The van der Waals surface area contributed by atoms with E-state index in [1.165, 1.54) is 19.3 Å². The van der Waals surface area contributed by atoms with Crippen molar-refractivity contribution in [3.05, 3.63) is 0 Å². The monoisotopic (exact) mass is 268 g/mol. The molecule has 3 heteroatoms. The van der Waals surface area contributed by atoms with Crippen molar-refractivity contribution in [2.24, 2.45) is 5.92 Å². The average Bonchev–Trinajstić information content (AvgIpc) is 2.42. The molecule has 1 aliphatic carbocycles. The summed E-state index contributed by atoms with van der Waals surface area (Å²) >= 11 is 0. The highest BCUT2D eigenvalue weighted by molar-refractivity contribution is 5.76. The second-order valence-corrected chi connectivity index (χ2v) is 6.40. The maximum atomic E-state index is 12.1. The largest absolute Gasteiger partial charge is 0.343 e. The van der Waals surface area contributed by atoms with Crippen molar-refractivity contribution in [2.75, 3.05) is 13.6 Å². The number of carbonyl (C=O) groups is 1. The lowest BCUT2D eigenvalue weighted by atomic mass is 9.90. The van der Waals surface area contributed by atoms with E-state index >= 15 is 0 Å². The highest BCUT2D eigenvalue weighted by Crippen LogP contribution is 2.23. The van der Waals surface area contributed by atoms with Gasteiger partial charge in [0.1, 0.15) is 0 Å². The maximum absolute atomic E-state index is 12.1. The zero-order valence-corrected chi connectivity index (χ0v) is 13.2. The molecule has 1 amide bonds. The number of nitrogens with one attached hydrogen (secondary N) is 1. The smallest absolute Gasteiger partial charge is 0.222 e. The highest BCUT2D eigenvalue weighted by Gasteiger charge is 2.25. The van der Waals surface area contributed by atoms with Gasteiger partial charge < -0.3 is 10.2 Å². The molecule has 0 atom stereocenters. The Morgan fingerprint density at radius 3 is 2.42 bits per heavy atom. The fourth-order valence-corrected chi connectivity index (χ4v) is 2.81. The molecule has 0 aromatic heterocycles. The summed E-state index contributed by atoms with van der Waals surface area (Å²) < 4.78 is 0. The normalized spacial score (nSPS) is 23.6. The Kier molecular flexibility index (Phi) is 7.44. The second-order valence-electron chi connectivity index (χ2n) is 6.40. The molecule has 0 spiro atoms. The molecule has 19 heavy (non-hydrogen) atoms. The topological polar surface area (TPSA) is 32.3 Å². The van der Waals surface area contributed by atoms with Gasteiger partial charge in [0.25, 0.3) is 0 Å². The number of carbonyl (C=O) groups excluding carboxylic acids is 1. The number of hydrogen-bond acceptors (Lipinski definition) is 2. The van der Waals surface area contributed by atoms with Gasteiger partial charge in [0.15, 0.2) is 0 Å². The van der Waals surface area contributed by atoms with Gasteiger partial charge in [-0.25, -0.2) is 0 Å². The van der Waals surface area contributed by atoms with Crippen molar-refractivity contribution >= 4 is 5.91 Å². The van der Waals surface area contributed by atoms with E-state index in [9.17, 15) is 4.79 Å². The first kappa shape index (κ1) is 16.5. The third-order valence-electron chi connectivity index (χ3n) is 4.26. The molecule has 1 fully saturated rings. The van der Waals surface area contributed by atoms with Crippen LogP contribution in [0.2, 0.25) is 0 Å². The highest BCUT2D eigenvalue weighted by atomic mass is 16.2. The predicted octanol–water partition coefficient (Wildman–Crippen LogP) is 3.19. The maximum Gasteiger partial charge on any atom is 0.222 e. The van der Waals surface area contributed by atoms with Crippen LogP contribution >= 0.6 is 0 Å². The third-order valence-corrected chi connectivity index (χ3v) is 4.26. The van der Waals surface area contributed by atoms with Crippen LogP contribution in [0.1, 0.15) is 65.7 Å². The molecule has 0 radical (unpaired) electrons. The Balaban J connectivity index is 2.27. The molecule has 0 aromatic rings. The van der Waals surface area contributed by atoms with E-state index in [1.807, 2.05) is 11.9 Å². The van der Waals surface area contributed by atoms with E-state index in [0.29, 0.717) is 30.3 Å². The Morgan fingerprint density at radius 2 is 1.89 bits per heavy atom. The predicted molar refractivity (Wildman–Crippen MR) is 81.2 cm³/mol. The van der Waals surface area contributed by atoms with Crippen molar-refractivity contribution in [3.8, 4) is 0 Å². The van der Waals surface area contributed by atoms with Crippen LogP contribution < -0.4 is 5.32 Å². The van der Waals surface area contributed by atoms with Gasteiger partial charge in [-0.3, -0.25) is 4.79 Å². The lowest BCUT2D eigenvalue weighted by Gasteiger charge is -2.35. The first-order valence-electron chi connectivity index (χ1n) is 8.03. The average molecular weight is 268 g/mol. The molecule has 0 aliphatic heterocycles. The standard InChI is InChI=1S/C16H32N2O/c1-5-12-17-14-7-9-15(10-8-14)18(4)16(19)11-6-13(2)3/h13-15,17H,5-12H2,1-4H3. The first-order valence-corrected chi connectivity index (χ1v) is 8.03. The van der Waals surface area contributed by atoms with Crippen molar-refractivity contribution in [1.82, 2.24) is 10.2 Å². The van der Waals surface area contributed by atoms with Crippen molar-refractivity contribution in [3.63, 3.8) is 0 Å². The van der Waals surface area contributed by atoms with E-state index in [4.69, 9.17) is 0 Å². The van der Waals surface area contributed by atoms with Crippen molar-refractivity contribution < 1.29 is 4.79 Å². The molecule has 0 heterocycles. The summed E-state index contributed by atoms with van der Waals surface area (Å²) in [5.41, 5.74) is 0. The molecular formula is C16H32N2O. The van der Waals surface area contributed by atoms with Gasteiger partial charge in [0.2, 0.25) is 5.91 Å². The van der Waals surface area contributed by atoms with Crippen LogP contribution in [0.3, 0.4) is 0 Å². The van der Waals surface area contributed by atoms with Gasteiger partial charge in [-0.1, -0.05) is 20.8 Å². The SMILES string of the molecule is CCCNC1CCC(N(C)C(=O)CCC(C)C)CC1. The molecule has 1 rings (SSSR count). The number of hydrogen-bond donors (Lipinski definition) is 1. The fourth-order valence-electron chi connectivity index (χ4n) is 2.81. The van der Waals surface area contributed by atoms with Gasteiger partial charge in [0.05, 0.1) is 0 Å². The second kappa shape index (κ2) is 8.57. The van der Waals surface area contributed by atoms with Gasteiger partial charge in [0, 0.05) is 25.6 Å². The summed E-state index contributed by atoms with van der Waals surface area (Å²) in [4.78, 5) is 14.1.